The molecule has 1 amide bonds. The highest BCUT2D eigenvalue weighted by molar-refractivity contribution is 7.14. The lowest BCUT2D eigenvalue weighted by atomic mass is 10.1. The molecule has 1 aromatic carbocycles. The van der Waals surface area contributed by atoms with Gasteiger partial charge in [0.1, 0.15) is 5.75 Å². The Balaban J connectivity index is 2.24. The molecule has 0 fully saturated rings. The molecule has 0 aliphatic carbocycles. The summed E-state index contributed by atoms with van der Waals surface area (Å²) in [5.74, 6) is -1.56. The smallest absolute Gasteiger partial charge is 0.434 e. The van der Waals surface area contributed by atoms with Gasteiger partial charge in [-0.1, -0.05) is 0 Å². The van der Waals surface area contributed by atoms with Gasteiger partial charge in [0, 0.05) is 17.5 Å². The Kier molecular flexibility index (Phi) is 3.99. The average molecular weight is 333 g/mol. The first-order chi connectivity index (χ1) is 10.2. The standard InChI is InChI=1S/C11H6F3N3O4S/c12-11(13,14)8-4-22-10(15-8)16-9(19)6-3-5(17(20)21)1-2-7(6)18/h1-4,18H,(H,15,16,19). The molecule has 22 heavy (non-hydrogen) atoms. The van der Waals surface area contributed by atoms with Crippen LogP contribution in [-0.2, 0) is 6.18 Å². The van der Waals surface area contributed by atoms with Gasteiger partial charge in [-0.15, -0.1) is 11.3 Å². The van der Waals surface area contributed by atoms with Crippen molar-refractivity contribution < 1.29 is 28.0 Å². The number of nitro groups is 1. The van der Waals surface area contributed by atoms with E-state index in [0.717, 1.165) is 18.2 Å². The Labute approximate surface area is 124 Å². The van der Waals surface area contributed by atoms with Gasteiger partial charge < -0.3 is 5.11 Å². The first-order valence-electron chi connectivity index (χ1n) is 5.50. The number of phenols is 1. The molecule has 116 valence electrons. The maximum absolute atomic E-state index is 12.4. The molecule has 0 aliphatic heterocycles. The van der Waals surface area contributed by atoms with Crippen LogP contribution in [0, 0.1) is 10.1 Å². The third-order valence-electron chi connectivity index (χ3n) is 2.45. The van der Waals surface area contributed by atoms with E-state index in [1.54, 1.807) is 0 Å². The molecule has 0 atom stereocenters. The number of aromatic hydroxyl groups is 1. The number of aromatic nitrogens is 1. The van der Waals surface area contributed by atoms with Crippen LogP contribution < -0.4 is 5.32 Å². The molecule has 1 aromatic heterocycles. The lowest BCUT2D eigenvalue weighted by molar-refractivity contribution is -0.384. The molecule has 0 bridgehead atoms. The summed E-state index contributed by atoms with van der Waals surface area (Å²) < 4.78 is 37.2. The Bertz CT molecular complexity index is 744. The van der Waals surface area contributed by atoms with Gasteiger partial charge in [0.25, 0.3) is 11.6 Å². The highest BCUT2D eigenvalue weighted by Crippen LogP contribution is 2.32. The third kappa shape index (κ3) is 3.31. The largest absolute Gasteiger partial charge is 0.507 e. The maximum Gasteiger partial charge on any atom is 0.434 e. The molecule has 0 aliphatic rings. The summed E-state index contributed by atoms with van der Waals surface area (Å²) in [7, 11) is 0. The molecule has 0 radical (unpaired) electrons. The average Bonchev–Trinajstić information content (AvgIpc) is 2.87. The quantitative estimate of drug-likeness (QED) is 0.663. The fraction of sp³-hybridized carbons (Fsp3) is 0.0909. The molecular formula is C11H6F3N3O4S. The second-order valence-corrected chi connectivity index (χ2v) is 4.81. The van der Waals surface area contributed by atoms with Gasteiger partial charge in [-0.3, -0.25) is 20.2 Å². The van der Waals surface area contributed by atoms with Crippen LogP contribution in [0.3, 0.4) is 0 Å². The Morgan fingerprint density at radius 1 is 1.41 bits per heavy atom. The topological polar surface area (TPSA) is 105 Å². The molecule has 11 heteroatoms. The van der Waals surface area contributed by atoms with Crippen LogP contribution in [0.25, 0.3) is 0 Å². The predicted molar refractivity (Wildman–Crippen MR) is 69.8 cm³/mol. The summed E-state index contributed by atoms with van der Waals surface area (Å²) in [4.78, 5) is 24.9. The number of benzene rings is 1. The number of nitrogens with zero attached hydrogens (tertiary/aromatic N) is 2. The summed E-state index contributed by atoms with van der Waals surface area (Å²) in [6.45, 7) is 0. The van der Waals surface area contributed by atoms with E-state index in [0.29, 0.717) is 16.7 Å². The first kappa shape index (κ1) is 15.7. The van der Waals surface area contributed by atoms with E-state index in [1.807, 2.05) is 5.32 Å². The molecule has 1 heterocycles. The van der Waals surface area contributed by atoms with Crippen molar-refractivity contribution in [3.63, 3.8) is 0 Å². The number of phenolic OH excluding ortho intramolecular Hbond substituents is 1. The number of anilines is 1. The normalized spacial score (nSPS) is 11.2. The highest BCUT2D eigenvalue weighted by atomic mass is 32.1. The van der Waals surface area contributed by atoms with Gasteiger partial charge in [0.05, 0.1) is 10.5 Å². The number of nitrogens with one attached hydrogen (secondary N) is 1. The second kappa shape index (κ2) is 5.60. The van der Waals surface area contributed by atoms with E-state index in [1.165, 1.54) is 0 Å². The number of carbonyl (C=O) groups excluding carboxylic acids is 1. The van der Waals surface area contributed by atoms with Crippen LogP contribution >= 0.6 is 11.3 Å². The molecule has 0 spiro atoms. The third-order valence-corrected chi connectivity index (χ3v) is 3.21. The van der Waals surface area contributed by atoms with Gasteiger partial charge in [-0.25, -0.2) is 4.98 Å². The van der Waals surface area contributed by atoms with Crippen LogP contribution in [0.2, 0.25) is 0 Å². The summed E-state index contributed by atoms with van der Waals surface area (Å²) in [5.41, 5.74) is -2.06. The van der Waals surface area contributed by atoms with E-state index in [4.69, 9.17) is 0 Å². The zero-order chi connectivity index (χ0) is 16.5. The summed E-state index contributed by atoms with van der Waals surface area (Å²) >= 11 is 0.537. The number of halogens is 3. The van der Waals surface area contributed by atoms with Gasteiger partial charge in [-0.2, -0.15) is 13.2 Å². The number of thiazole rings is 1. The molecular weight excluding hydrogens is 327 g/mol. The van der Waals surface area contributed by atoms with Gasteiger partial charge in [0.15, 0.2) is 10.8 Å². The number of rotatable bonds is 3. The van der Waals surface area contributed by atoms with E-state index in [9.17, 15) is 33.2 Å². The van der Waals surface area contributed by atoms with Crippen molar-refractivity contribution in [1.29, 1.82) is 0 Å². The van der Waals surface area contributed by atoms with Crippen LogP contribution in [0.4, 0.5) is 24.0 Å². The van der Waals surface area contributed by atoms with E-state index < -0.39 is 39.7 Å². The SMILES string of the molecule is O=C(Nc1nc(C(F)(F)F)cs1)c1cc([N+](=O)[O-])ccc1O. The van der Waals surface area contributed by atoms with Crippen LogP contribution in [0.15, 0.2) is 23.6 Å². The van der Waals surface area contributed by atoms with Crippen molar-refractivity contribution in [2.45, 2.75) is 6.18 Å². The monoisotopic (exact) mass is 333 g/mol. The number of alkyl halides is 3. The van der Waals surface area contributed by atoms with Crippen molar-refractivity contribution >= 4 is 28.1 Å². The van der Waals surface area contributed by atoms with Crippen molar-refractivity contribution in [3.8, 4) is 5.75 Å². The van der Waals surface area contributed by atoms with Gasteiger partial charge in [-0.05, 0) is 6.07 Å². The van der Waals surface area contributed by atoms with E-state index in [2.05, 4.69) is 4.98 Å². The predicted octanol–water partition coefficient (Wildman–Crippen LogP) is 3.03. The van der Waals surface area contributed by atoms with Crippen LogP contribution in [0.5, 0.6) is 5.75 Å². The Hall–Kier alpha value is -2.69. The number of amides is 1. The summed E-state index contributed by atoms with van der Waals surface area (Å²) in [6, 6.07) is 2.73. The molecule has 0 saturated heterocycles. The minimum atomic E-state index is -4.65. The van der Waals surface area contributed by atoms with Crippen LogP contribution in [0.1, 0.15) is 16.1 Å². The molecule has 7 nitrogen and oxygen atoms in total. The molecule has 0 unspecified atom stereocenters. The van der Waals surface area contributed by atoms with Gasteiger partial charge in [0.2, 0.25) is 0 Å². The number of carbonyl (C=O) groups is 1. The molecule has 0 saturated carbocycles. The molecule has 2 rings (SSSR count). The molecule has 2 N–H and O–H groups in total. The minimum Gasteiger partial charge on any atom is -0.507 e. The maximum atomic E-state index is 12.4. The lowest BCUT2D eigenvalue weighted by Crippen LogP contribution is -2.13. The summed E-state index contributed by atoms with van der Waals surface area (Å²) in [5, 5.41) is 22.5. The van der Waals surface area contributed by atoms with E-state index in [-0.39, 0.29) is 5.13 Å². The Morgan fingerprint density at radius 2 is 2.09 bits per heavy atom. The minimum absolute atomic E-state index is 0.344. The fourth-order valence-corrected chi connectivity index (χ4v) is 2.16. The number of non-ortho nitro benzene ring substituents is 1. The van der Waals surface area contributed by atoms with E-state index >= 15 is 0 Å². The van der Waals surface area contributed by atoms with Crippen molar-refractivity contribution in [2.24, 2.45) is 0 Å². The number of hydrogen-bond acceptors (Lipinski definition) is 6. The van der Waals surface area contributed by atoms with Crippen molar-refractivity contribution in [3.05, 3.63) is 45.0 Å². The molecule has 2 aromatic rings. The number of hydrogen-bond donors (Lipinski definition) is 2. The highest BCUT2D eigenvalue weighted by Gasteiger charge is 2.34. The zero-order valence-electron chi connectivity index (χ0n) is 10.4. The van der Waals surface area contributed by atoms with Crippen molar-refractivity contribution in [1.82, 2.24) is 4.98 Å². The van der Waals surface area contributed by atoms with Crippen molar-refractivity contribution in [2.75, 3.05) is 5.32 Å². The Morgan fingerprint density at radius 3 is 2.64 bits per heavy atom. The van der Waals surface area contributed by atoms with Crippen LogP contribution in [-0.4, -0.2) is 20.9 Å². The summed E-state index contributed by atoms with van der Waals surface area (Å²) in [6.07, 6.45) is -4.65. The first-order valence-corrected chi connectivity index (χ1v) is 6.38. The number of nitro benzene ring substituents is 1. The zero-order valence-corrected chi connectivity index (χ0v) is 11.2. The van der Waals surface area contributed by atoms with Gasteiger partial charge >= 0.3 is 6.18 Å². The second-order valence-electron chi connectivity index (χ2n) is 3.95. The fourth-order valence-electron chi connectivity index (χ4n) is 1.45. The lowest BCUT2D eigenvalue weighted by Gasteiger charge is -2.04.